The van der Waals surface area contributed by atoms with E-state index in [0.29, 0.717) is 19.0 Å². The maximum absolute atomic E-state index is 12.6. The lowest BCUT2D eigenvalue weighted by Crippen LogP contribution is -2.52. The zero-order chi connectivity index (χ0) is 15.7. The van der Waals surface area contributed by atoms with Crippen molar-refractivity contribution in [1.82, 2.24) is 9.80 Å². The normalized spacial score (nSPS) is 24.5. The number of carbonyl (C=O) groups is 2. The maximum atomic E-state index is 12.6. The van der Waals surface area contributed by atoms with Crippen LogP contribution < -0.4 is 5.73 Å². The van der Waals surface area contributed by atoms with Gasteiger partial charge in [-0.15, -0.1) is 0 Å². The first-order valence-electron chi connectivity index (χ1n) is 7.97. The largest absolute Gasteiger partial charge is 0.337 e. The molecule has 0 spiro atoms. The second-order valence-electron chi connectivity index (χ2n) is 6.42. The molecule has 5 heteroatoms. The van der Waals surface area contributed by atoms with Crippen LogP contribution in [0.1, 0.15) is 35.7 Å². The molecule has 5 nitrogen and oxygen atoms in total. The first-order chi connectivity index (χ1) is 10.6. The summed E-state index contributed by atoms with van der Waals surface area (Å²) in [6.07, 6.45) is 1.97. The summed E-state index contributed by atoms with van der Waals surface area (Å²) in [4.78, 5) is 28.5. The summed E-state index contributed by atoms with van der Waals surface area (Å²) < 4.78 is 0. The molecular formula is C17H23N3O2. The van der Waals surface area contributed by atoms with Crippen molar-refractivity contribution in [3.05, 3.63) is 35.4 Å². The van der Waals surface area contributed by atoms with E-state index in [2.05, 4.69) is 6.92 Å². The Hall–Kier alpha value is -1.88. The van der Waals surface area contributed by atoms with Crippen molar-refractivity contribution in [2.75, 3.05) is 19.6 Å². The Morgan fingerprint density at radius 2 is 2.14 bits per heavy atom. The van der Waals surface area contributed by atoms with E-state index in [-0.39, 0.29) is 24.4 Å². The first kappa shape index (κ1) is 15.0. The summed E-state index contributed by atoms with van der Waals surface area (Å²) in [7, 11) is 0. The fourth-order valence-electron chi connectivity index (χ4n) is 3.50. The topological polar surface area (TPSA) is 66.6 Å². The molecule has 2 heterocycles. The molecule has 118 valence electrons. The van der Waals surface area contributed by atoms with E-state index in [1.54, 1.807) is 4.90 Å². The van der Waals surface area contributed by atoms with Crippen LogP contribution in [-0.2, 0) is 11.3 Å². The first-order valence-corrected chi connectivity index (χ1v) is 7.97. The smallest absolute Gasteiger partial charge is 0.254 e. The number of likely N-dealkylation sites (tertiary alicyclic amines) is 1. The zero-order valence-electron chi connectivity index (χ0n) is 13.0. The Morgan fingerprint density at radius 3 is 2.86 bits per heavy atom. The van der Waals surface area contributed by atoms with Gasteiger partial charge in [0, 0.05) is 31.2 Å². The van der Waals surface area contributed by atoms with E-state index in [4.69, 9.17) is 5.73 Å². The quantitative estimate of drug-likeness (QED) is 0.913. The van der Waals surface area contributed by atoms with Crippen LogP contribution in [0.3, 0.4) is 0 Å². The lowest BCUT2D eigenvalue weighted by Gasteiger charge is -2.38. The number of rotatable bonds is 3. The minimum absolute atomic E-state index is 0.0171. The van der Waals surface area contributed by atoms with Gasteiger partial charge in [-0.25, -0.2) is 0 Å². The number of piperidine rings is 1. The van der Waals surface area contributed by atoms with Crippen molar-refractivity contribution in [1.29, 1.82) is 0 Å². The monoisotopic (exact) mass is 301 g/mol. The van der Waals surface area contributed by atoms with Crippen LogP contribution in [-0.4, -0.2) is 47.3 Å². The van der Waals surface area contributed by atoms with Gasteiger partial charge in [-0.3, -0.25) is 9.59 Å². The minimum Gasteiger partial charge on any atom is -0.337 e. The van der Waals surface area contributed by atoms with Gasteiger partial charge in [0.1, 0.15) is 6.54 Å². The van der Waals surface area contributed by atoms with Crippen LogP contribution in [0.2, 0.25) is 0 Å². The molecule has 0 saturated carbocycles. The fourth-order valence-corrected chi connectivity index (χ4v) is 3.50. The van der Waals surface area contributed by atoms with E-state index in [9.17, 15) is 9.59 Å². The SMILES string of the molecule is CC1CCN(C(=O)CN2Cc3ccccc3C2=O)C(CN)C1. The Kier molecular flexibility index (Phi) is 4.16. The standard InChI is InChI=1S/C17H23N3O2/c1-12-6-7-20(14(8-12)9-18)16(21)11-19-10-13-4-2-3-5-15(13)17(19)22/h2-5,12,14H,6-11,18H2,1H3. The molecule has 1 saturated heterocycles. The highest BCUT2D eigenvalue weighted by molar-refractivity contribution is 6.00. The average molecular weight is 301 g/mol. The summed E-state index contributed by atoms with van der Waals surface area (Å²) in [5, 5.41) is 0. The van der Waals surface area contributed by atoms with E-state index in [1.807, 2.05) is 29.2 Å². The number of carbonyl (C=O) groups excluding carboxylic acids is 2. The van der Waals surface area contributed by atoms with E-state index in [1.165, 1.54) is 0 Å². The highest BCUT2D eigenvalue weighted by Gasteiger charge is 2.33. The summed E-state index contributed by atoms with van der Waals surface area (Å²) in [6.45, 7) is 4.11. The van der Waals surface area contributed by atoms with Crippen molar-refractivity contribution in [2.24, 2.45) is 11.7 Å². The number of amides is 2. The number of hydrogen-bond acceptors (Lipinski definition) is 3. The van der Waals surface area contributed by atoms with Gasteiger partial charge in [-0.1, -0.05) is 25.1 Å². The van der Waals surface area contributed by atoms with Crippen LogP contribution in [0.5, 0.6) is 0 Å². The Balaban J connectivity index is 1.67. The third-order valence-electron chi connectivity index (χ3n) is 4.79. The molecule has 2 atom stereocenters. The van der Waals surface area contributed by atoms with Gasteiger partial charge in [-0.05, 0) is 30.4 Å². The molecule has 2 aliphatic heterocycles. The van der Waals surface area contributed by atoms with Crippen LogP contribution in [0.15, 0.2) is 24.3 Å². The lowest BCUT2D eigenvalue weighted by molar-refractivity contribution is -0.136. The third-order valence-corrected chi connectivity index (χ3v) is 4.79. The van der Waals surface area contributed by atoms with Crippen LogP contribution in [0.25, 0.3) is 0 Å². The molecule has 1 aromatic rings. The van der Waals surface area contributed by atoms with Gasteiger partial charge in [-0.2, -0.15) is 0 Å². The molecule has 1 aromatic carbocycles. The molecule has 3 rings (SSSR count). The summed E-state index contributed by atoms with van der Waals surface area (Å²) in [5.74, 6) is 0.581. The van der Waals surface area contributed by atoms with E-state index < -0.39 is 0 Å². The molecular weight excluding hydrogens is 278 g/mol. The molecule has 0 radical (unpaired) electrons. The highest BCUT2D eigenvalue weighted by atomic mass is 16.2. The lowest BCUT2D eigenvalue weighted by atomic mass is 9.92. The second kappa shape index (κ2) is 6.08. The average Bonchev–Trinajstić information content (AvgIpc) is 2.83. The fraction of sp³-hybridized carbons (Fsp3) is 0.529. The summed E-state index contributed by atoms with van der Waals surface area (Å²) >= 11 is 0. The third kappa shape index (κ3) is 2.73. The maximum Gasteiger partial charge on any atom is 0.254 e. The van der Waals surface area contributed by atoms with Gasteiger partial charge in [0.05, 0.1) is 0 Å². The Bertz CT molecular complexity index is 587. The molecule has 22 heavy (non-hydrogen) atoms. The van der Waals surface area contributed by atoms with Gasteiger partial charge in [0.15, 0.2) is 0 Å². The molecule has 2 aliphatic rings. The molecule has 0 aromatic heterocycles. The molecule has 2 unspecified atom stereocenters. The number of nitrogens with two attached hydrogens (primary N) is 1. The zero-order valence-corrected chi connectivity index (χ0v) is 13.0. The Labute approximate surface area is 131 Å². The molecule has 2 N–H and O–H groups in total. The molecule has 0 aliphatic carbocycles. The summed E-state index contributed by atoms with van der Waals surface area (Å²) in [6, 6.07) is 7.67. The molecule has 2 amide bonds. The van der Waals surface area contributed by atoms with Gasteiger partial charge in [0.2, 0.25) is 5.91 Å². The number of nitrogens with zero attached hydrogens (tertiary/aromatic N) is 2. The van der Waals surface area contributed by atoms with Crippen molar-refractivity contribution in [2.45, 2.75) is 32.4 Å². The predicted octanol–water partition coefficient (Wildman–Crippen LogP) is 1.23. The molecule has 1 fully saturated rings. The van der Waals surface area contributed by atoms with E-state index in [0.717, 1.165) is 30.5 Å². The molecule has 0 bridgehead atoms. The van der Waals surface area contributed by atoms with Crippen molar-refractivity contribution >= 4 is 11.8 Å². The second-order valence-corrected chi connectivity index (χ2v) is 6.42. The predicted molar refractivity (Wildman–Crippen MR) is 84.1 cm³/mol. The van der Waals surface area contributed by atoms with Crippen molar-refractivity contribution < 1.29 is 9.59 Å². The van der Waals surface area contributed by atoms with E-state index >= 15 is 0 Å². The number of benzene rings is 1. The summed E-state index contributed by atoms with van der Waals surface area (Å²) in [5.41, 5.74) is 7.55. The van der Waals surface area contributed by atoms with Gasteiger partial charge in [0.25, 0.3) is 5.91 Å². The minimum atomic E-state index is -0.0429. The highest BCUT2D eigenvalue weighted by Crippen LogP contribution is 2.25. The Morgan fingerprint density at radius 1 is 1.36 bits per heavy atom. The van der Waals surface area contributed by atoms with Crippen molar-refractivity contribution in [3.63, 3.8) is 0 Å². The number of fused-ring (bicyclic) bond motifs is 1. The number of hydrogen-bond donors (Lipinski definition) is 1. The van der Waals surface area contributed by atoms with Gasteiger partial charge < -0.3 is 15.5 Å². The van der Waals surface area contributed by atoms with Crippen LogP contribution >= 0.6 is 0 Å². The van der Waals surface area contributed by atoms with Crippen molar-refractivity contribution in [3.8, 4) is 0 Å². The van der Waals surface area contributed by atoms with Crippen LogP contribution in [0.4, 0.5) is 0 Å². The van der Waals surface area contributed by atoms with Gasteiger partial charge >= 0.3 is 0 Å². The van der Waals surface area contributed by atoms with Crippen LogP contribution in [0, 0.1) is 5.92 Å².